The van der Waals surface area contributed by atoms with Crippen molar-refractivity contribution >= 4 is 15.7 Å². The molecular weight excluding hydrogens is 336 g/mol. The van der Waals surface area contributed by atoms with Gasteiger partial charge in [0.25, 0.3) is 10.0 Å². The van der Waals surface area contributed by atoms with Crippen LogP contribution in [0.4, 0.5) is 5.69 Å². The summed E-state index contributed by atoms with van der Waals surface area (Å²) in [5.41, 5.74) is 2.79. The average Bonchev–Trinajstić information content (AvgIpc) is 2.62. The Hall–Kier alpha value is -2.05. The first-order chi connectivity index (χ1) is 11.9. The van der Waals surface area contributed by atoms with Crippen LogP contribution in [0.1, 0.15) is 17.5 Å². The van der Waals surface area contributed by atoms with Gasteiger partial charge in [-0.3, -0.25) is 4.72 Å². The number of nitrogens with zero attached hydrogens (tertiary/aromatic N) is 1. The summed E-state index contributed by atoms with van der Waals surface area (Å²) in [4.78, 5) is 2.48. The third-order valence-electron chi connectivity index (χ3n) is 4.80. The van der Waals surface area contributed by atoms with Gasteiger partial charge in [0.1, 0.15) is 5.75 Å². The van der Waals surface area contributed by atoms with E-state index in [1.807, 2.05) is 6.07 Å². The van der Waals surface area contributed by atoms with Gasteiger partial charge in [-0.05, 0) is 63.2 Å². The lowest BCUT2D eigenvalue weighted by Gasteiger charge is -2.32. The summed E-state index contributed by atoms with van der Waals surface area (Å²) in [7, 11) is 2.21. The number of likely N-dealkylation sites (N-methyl/N-ethyl adjacent to an activating group) is 1. The average molecular weight is 360 g/mol. The molecule has 0 saturated carbocycles. The van der Waals surface area contributed by atoms with E-state index < -0.39 is 10.0 Å². The number of sulfonamides is 1. The lowest BCUT2D eigenvalue weighted by molar-refractivity contribution is 0.265. The number of anilines is 1. The van der Waals surface area contributed by atoms with Crippen molar-refractivity contribution in [1.82, 2.24) is 4.90 Å². The van der Waals surface area contributed by atoms with E-state index in [4.69, 9.17) is 4.74 Å². The van der Waals surface area contributed by atoms with Crippen LogP contribution in [0.25, 0.3) is 0 Å². The minimum absolute atomic E-state index is 0.265. The van der Waals surface area contributed by atoms with E-state index in [-0.39, 0.29) is 4.90 Å². The zero-order valence-corrected chi connectivity index (χ0v) is 15.6. The van der Waals surface area contributed by atoms with E-state index in [1.165, 1.54) is 0 Å². The van der Waals surface area contributed by atoms with Crippen LogP contribution in [0.15, 0.2) is 47.4 Å². The molecule has 5 nitrogen and oxygen atoms in total. The second kappa shape index (κ2) is 7.06. The minimum atomic E-state index is -3.60. The maximum atomic E-state index is 12.7. The highest BCUT2D eigenvalue weighted by Crippen LogP contribution is 2.36. The lowest BCUT2D eigenvalue weighted by Crippen LogP contribution is -2.34. The van der Waals surface area contributed by atoms with Crippen LogP contribution in [0, 0.1) is 0 Å². The van der Waals surface area contributed by atoms with Crippen molar-refractivity contribution in [3.8, 4) is 5.75 Å². The molecule has 0 bridgehead atoms. The Bertz CT molecular complexity index is 848. The SMILES string of the molecule is COc1ccc(NS(=O)(=O)c2ccccc2)c2c1C[C@@H](N(C)C)CC2. The first-order valence-electron chi connectivity index (χ1n) is 8.35. The molecule has 6 heteroatoms. The Morgan fingerprint density at radius 2 is 1.80 bits per heavy atom. The predicted octanol–water partition coefficient (Wildman–Crippen LogP) is 2.91. The first kappa shape index (κ1) is 17.8. The van der Waals surface area contributed by atoms with E-state index in [0.717, 1.165) is 36.1 Å². The highest BCUT2D eigenvalue weighted by atomic mass is 32.2. The molecule has 0 fully saturated rings. The molecule has 1 aliphatic carbocycles. The Balaban J connectivity index is 1.98. The van der Waals surface area contributed by atoms with Gasteiger partial charge in [0.15, 0.2) is 0 Å². The van der Waals surface area contributed by atoms with Crippen molar-refractivity contribution in [2.45, 2.75) is 30.2 Å². The van der Waals surface area contributed by atoms with Crippen LogP contribution in [0.5, 0.6) is 5.75 Å². The number of fused-ring (bicyclic) bond motifs is 1. The van der Waals surface area contributed by atoms with Gasteiger partial charge in [-0.1, -0.05) is 18.2 Å². The second-order valence-electron chi connectivity index (χ2n) is 6.55. The van der Waals surface area contributed by atoms with Crippen molar-refractivity contribution in [2.75, 3.05) is 25.9 Å². The maximum absolute atomic E-state index is 12.7. The highest BCUT2D eigenvalue weighted by molar-refractivity contribution is 7.92. The molecule has 1 aliphatic rings. The van der Waals surface area contributed by atoms with Crippen LogP contribution in [0.2, 0.25) is 0 Å². The van der Waals surface area contributed by atoms with E-state index >= 15 is 0 Å². The summed E-state index contributed by atoms with van der Waals surface area (Å²) in [6.07, 6.45) is 2.67. The molecular formula is C19H24N2O3S. The Morgan fingerprint density at radius 1 is 1.08 bits per heavy atom. The van der Waals surface area contributed by atoms with Gasteiger partial charge < -0.3 is 9.64 Å². The van der Waals surface area contributed by atoms with Gasteiger partial charge in [-0.15, -0.1) is 0 Å². The van der Waals surface area contributed by atoms with Crippen LogP contribution in [0.3, 0.4) is 0 Å². The summed E-state index contributed by atoms with van der Waals surface area (Å²) in [5, 5.41) is 0. The number of rotatable bonds is 5. The van der Waals surface area contributed by atoms with Crippen molar-refractivity contribution in [3.63, 3.8) is 0 Å². The summed E-state index contributed by atoms with van der Waals surface area (Å²) in [6.45, 7) is 0. The summed E-state index contributed by atoms with van der Waals surface area (Å²) in [5.74, 6) is 0.823. The van der Waals surface area contributed by atoms with Gasteiger partial charge in [0.05, 0.1) is 17.7 Å². The van der Waals surface area contributed by atoms with Crippen molar-refractivity contribution < 1.29 is 13.2 Å². The number of methoxy groups -OCH3 is 1. The van der Waals surface area contributed by atoms with Crippen LogP contribution in [-0.4, -0.2) is 40.6 Å². The fourth-order valence-electron chi connectivity index (χ4n) is 3.36. The zero-order valence-electron chi connectivity index (χ0n) is 14.8. The molecule has 1 N–H and O–H groups in total. The van der Waals surface area contributed by atoms with Crippen LogP contribution >= 0.6 is 0 Å². The highest BCUT2D eigenvalue weighted by Gasteiger charge is 2.26. The van der Waals surface area contributed by atoms with Crippen molar-refractivity contribution in [2.24, 2.45) is 0 Å². The lowest BCUT2D eigenvalue weighted by atomic mass is 9.86. The molecule has 0 saturated heterocycles. The van der Waals surface area contributed by atoms with E-state index in [9.17, 15) is 8.42 Å². The first-order valence-corrected chi connectivity index (χ1v) is 9.83. The number of hydrogen-bond donors (Lipinski definition) is 1. The van der Waals surface area contributed by atoms with Crippen LogP contribution < -0.4 is 9.46 Å². The maximum Gasteiger partial charge on any atom is 0.261 e. The molecule has 0 heterocycles. The van der Waals surface area contributed by atoms with E-state index in [1.54, 1.807) is 43.5 Å². The van der Waals surface area contributed by atoms with Gasteiger partial charge in [0, 0.05) is 11.6 Å². The molecule has 0 amide bonds. The molecule has 25 heavy (non-hydrogen) atoms. The fraction of sp³-hybridized carbons (Fsp3) is 0.368. The Labute approximate surface area is 149 Å². The Kier molecular flexibility index (Phi) is 5.01. The molecule has 0 unspecified atom stereocenters. The topological polar surface area (TPSA) is 58.6 Å². The van der Waals surface area contributed by atoms with E-state index in [2.05, 4.69) is 23.7 Å². The van der Waals surface area contributed by atoms with Gasteiger partial charge in [0.2, 0.25) is 0 Å². The molecule has 0 radical (unpaired) electrons. The quantitative estimate of drug-likeness (QED) is 0.891. The van der Waals surface area contributed by atoms with Gasteiger partial charge >= 0.3 is 0 Å². The van der Waals surface area contributed by atoms with E-state index in [0.29, 0.717) is 11.7 Å². The third kappa shape index (κ3) is 3.65. The summed E-state index contributed by atoms with van der Waals surface area (Å²) in [6, 6.07) is 12.5. The van der Waals surface area contributed by atoms with Crippen LogP contribution in [-0.2, 0) is 22.9 Å². The summed E-state index contributed by atoms with van der Waals surface area (Å²) < 4.78 is 33.6. The summed E-state index contributed by atoms with van der Waals surface area (Å²) >= 11 is 0. The molecule has 2 aromatic rings. The number of hydrogen-bond acceptors (Lipinski definition) is 4. The number of benzene rings is 2. The second-order valence-corrected chi connectivity index (χ2v) is 8.23. The molecule has 0 aliphatic heterocycles. The third-order valence-corrected chi connectivity index (χ3v) is 6.18. The molecule has 134 valence electrons. The number of ether oxygens (including phenoxy) is 1. The fourth-order valence-corrected chi connectivity index (χ4v) is 4.47. The monoisotopic (exact) mass is 360 g/mol. The molecule has 2 aromatic carbocycles. The van der Waals surface area contributed by atoms with Crippen molar-refractivity contribution in [1.29, 1.82) is 0 Å². The molecule has 0 aromatic heterocycles. The van der Waals surface area contributed by atoms with Gasteiger partial charge in [-0.2, -0.15) is 0 Å². The smallest absolute Gasteiger partial charge is 0.261 e. The Morgan fingerprint density at radius 3 is 2.44 bits per heavy atom. The normalized spacial score (nSPS) is 17.2. The molecule has 0 spiro atoms. The zero-order chi connectivity index (χ0) is 18.0. The van der Waals surface area contributed by atoms with Gasteiger partial charge in [-0.25, -0.2) is 8.42 Å². The molecule has 1 atom stereocenters. The number of nitrogens with one attached hydrogen (secondary N) is 1. The van der Waals surface area contributed by atoms with Crippen molar-refractivity contribution in [3.05, 3.63) is 53.6 Å². The largest absolute Gasteiger partial charge is 0.496 e. The molecule has 3 rings (SSSR count). The predicted molar refractivity (Wildman–Crippen MR) is 99.7 cm³/mol. The minimum Gasteiger partial charge on any atom is -0.496 e. The standard InChI is InChI=1S/C19H24N2O3S/c1-21(2)14-9-10-16-17(13-14)19(24-3)12-11-18(16)20-25(22,23)15-7-5-4-6-8-15/h4-8,11-12,14,20H,9-10,13H2,1-3H3/t14-/m0/s1.